The fourth-order valence-corrected chi connectivity index (χ4v) is 2.30. The van der Waals surface area contributed by atoms with E-state index in [2.05, 4.69) is 15.9 Å². The van der Waals surface area contributed by atoms with Gasteiger partial charge in [-0.1, -0.05) is 6.92 Å². The van der Waals surface area contributed by atoms with Gasteiger partial charge in [0.2, 0.25) is 0 Å². The molecule has 0 radical (unpaired) electrons. The quantitative estimate of drug-likeness (QED) is 0.900. The number of benzene rings is 1. The summed E-state index contributed by atoms with van der Waals surface area (Å²) in [6, 6.07) is 4.06. The number of carboxylic acids is 1. The van der Waals surface area contributed by atoms with Crippen LogP contribution in [0, 0.1) is 0 Å². The van der Waals surface area contributed by atoms with Gasteiger partial charge in [-0.3, -0.25) is 4.79 Å². The van der Waals surface area contributed by atoms with Gasteiger partial charge in [-0.25, -0.2) is 4.79 Å². The molecule has 1 unspecified atom stereocenters. The maximum atomic E-state index is 12.2. The third-order valence-electron chi connectivity index (χ3n) is 2.86. The molecule has 5 nitrogen and oxygen atoms in total. The number of carboxylic acid groups (broad SMARTS) is 1. The Hall–Kier alpha value is -1.56. The van der Waals surface area contributed by atoms with Crippen molar-refractivity contribution in [3.63, 3.8) is 0 Å². The molecule has 1 aromatic rings. The molecule has 104 valence electrons. The van der Waals surface area contributed by atoms with E-state index in [1.54, 1.807) is 25.1 Å². The molecule has 0 aromatic heterocycles. The van der Waals surface area contributed by atoms with Gasteiger partial charge in [0.25, 0.3) is 5.91 Å². The highest BCUT2D eigenvalue weighted by molar-refractivity contribution is 9.10. The highest BCUT2D eigenvalue weighted by Crippen LogP contribution is 2.26. The smallest absolute Gasteiger partial charge is 0.326 e. The van der Waals surface area contributed by atoms with Crippen molar-refractivity contribution < 1.29 is 19.4 Å². The number of carbonyl (C=O) groups excluding carboxylic acids is 1. The SMILES string of the molecule is CCC(C(=O)O)N(C)C(=O)c1ccc(OC)c(Br)c1. The number of carbonyl (C=O) groups is 2. The number of nitrogens with zero attached hydrogens (tertiary/aromatic N) is 1. The lowest BCUT2D eigenvalue weighted by Crippen LogP contribution is -2.41. The Balaban J connectivity index is 3.00. The van der Waals surface area contributed by atoms with Crippen molar-refractivity contribution in [2.24, 2.45) is 0 Å². The summed E-state index contributed by atoms with van der Waals surface area (Å²) < 4.78 is 5.73. The normalized spacial score (nSPS) is 11.8. The summed E-state index contributed by atoms with van der Waals surface area (Å²) in [5.41, 5.74) is 0.412. The van der Waals surface area contributed by atoms with Crippen molar-refractivity contribution in [3.05, 3.63) is 28.2 Å². The van der Waals surface area contributed by atoms with Gasteiger partial charge in [0.15, 0.2) is 0 Å². The van der Waals surface area contributed by atoms with Crippen LogP contribution in [0.15, 0.2) is 22.7 Å². The zero-order valence-electron chi connectivity index (χ0n) is 11.0. The van der Waals surface area contributed by atoms with E-state index >= 15 is 0 Å². The summed E-state index contributed by atoms with van der Waals surface area (Å²) in [7, 11) is 3.02. The standard InChI is InChI=1S/C13H16BrNO4/c1-4-10(13(17)18)15(2)12(16)8-5-6-11(19-3)9(14)7-8/h5-7,10H,4H2,1-3H3,(H,17,18). The molecule has 1 N–H and O–H groups in total. The second-order valence-corrected chi connectivity index (χ2v) is 4.88. The van der Waals surface area contributed by atoms with Gasteiger partial charge in [0.05, 0.1) is 11.6 Å². The Bertz CT molecular complexity index is 490. The lowest BCUT2D eigenvalue weighted by atomic mass is 10.1. The van der Waals surface area contributed by atoms with Crippen molar-refractivity contribution in [2.75, 3.05) is 14.2 Å². The molecule has 0 heterocycles. The largest absolute Gasteiger partial charge is 0.496 e. The number of aliphatic carboxylic acids is 1. The maximum absolute atomic E-state index is 12.2. The molecule has 0 spiro atoms. The molecule has 1 aromatic carbocycles. The lowest BCUT2D eigenvalue weighted by Gasteiger charge is -2.24. The van der Waals surface area contributed by atoms with Crippen LogP contribution in [0.3, 0.4) is 0 Å². The molecule has 6 heteroatoms. The average Bonchev–Trinajstić information content (AvgIpc) is 2.37. The van der Waals surface area contributed by atoms with E-state index in [1.165, 1.54) is 19.1 Å². The van der Waals surface area contributed by atoms with E-state index in [1.807, 2.05) is 0 Å². The van der Waals surface area contributed by atoms with Gasteiger partial charge in [0.1, 0.15) is 11.8 Å². The number of amides is 1. The third kappa shape index (κ3) is 3.47. The minimum Gasteiger partial charge on any atom is -0.496 e. The predicted molar refractivity (Wildman–Crippen MR) is 74.5 cm³/mol. The van der Waals surface area contributed by atoms with Crippen molar-refractivity contribution in [1.29, 1.82) is 0 Å². The summed E-state index contributed by atoms with van der Waals surface area (Å²) >= 11 is 3.30. The summed E-state index contributed by atoms with van der Waals surface area (Å²) in [6.07, 6.45) is 0.356. The molecule has 0 aliphatic heterocycles. The van der Waals surface area contributed by atoms with Gasteiger partial charge in [-0.05, 0) is 40.5 Å². The zero-order valence-corrected chi connectivity index (χ0v) is 12.6. The van der Waals surface area contributed by atoms with Gasteiger partial charge in [0, 0.05) is 12.6 Å². The first kappa shape index (κ1) is 15.5. The van der Waals surface area contributed by atoms with E-state index in [0.29, 0.717) is 22.2 Å². The number of methoxy groups -OCH3 is 1. The van der Waals surface area contributed by atoms with Crippen molar-refractivity contribution >= 4 is 27.8 Å². The Morgan fingerprint density at radius 1 is 1.47 bits per heavy atom. The predicted octanol–water partition coefficient (Wildman–Crippen LogP) is 2.39. The number of ether oxygens (including phenoxy) is 1. The Kier molecular flexibility index (Phi) is 5.35. The van der Waals surface area contributed by atoms with E-state index in [-0.39, 0.29) is 5.91 Å². The molecule has 1 rings (SSSR count). The molecule has 1 atom stereocenters. The summed E-state index contributed by atoms with van der Waals surface area (Å²) in [5, 5.41) is 9.05. The highest BCUT2D eigenvalue weighted by atomic mass is 79.9. The first-order valence-corrected chi connectivity index (χ1v) is 6.55. The van der Waals surface area contributed by atoms with Crippen LogP contribution in [0.4, 0.5) is 0 Å². The van der Waals surface area contributed by atoms with Gasteiger partial charge in [-0.2, -0.15) is 0 Å². The van der Waals surface area contributed by atoms with E-state index < -0.39 is 12.0 Å². The van der Waals surface area contributed by atoms with Crippen molar-refractivity contribution in [1.82, 2.24) is 4.90 Å². The molecular formula is C13H16BrNO4. The third-order valence-corrected chi connectivity index (χ3v) is 3.48. The fraction of sp³-hybridized carbons (Fsp3) is 0.385. The monoisotopic (exact) mass is 329 g/mol. The van der Waals surface area contributed by atoms with Crippen molar-refractivity contribution in [2.45, 2.75) is 19.4 Å². The summed E-state index contributed by atoms with van der Waals surface area (Å²) in [4.78, 5) is 24.5. The van der Waals surface area contributed by atoms with Crippen LogP contribution in [0.1, 0.15) is 23.7 Å². The van der Waals surface area contributed by atoms with E-state index in [4.69, 9.17) is 9.84 Å². The first-order valence-electron chi connectivity index (χ1n) is 5.75. The minimum atomic E-state index is -1.01. The van der Waals surface area contributed by atoms with Crippen LogP contribution in [-0.4, -0.2) is 42.1 Å². The number of hydrogen-bond donors (Lipinski definition) is 1. The molecule has 0 saturated heterocycles. The van der Waals surface area contributed by atoms with Crippen LogP contribution in [0.25, 0.3) is 0 Å². The molecule has 0 bridgehead atoms. The van der Waals surface area contributed by atoms with Gasteiger partial charge < -0.3 is 14.7 Å². The average molecular weight is 330 g/mol. The number of hydrogen-bond acceptors (Lipinski definition) is 3. The Labute approximate surface area is 120 Å². The second kappa shape index (κ2) is 6.56. The summed E-state index contributed by atoms with van der Waals surface area (Å²) in [5.74, 6) is -0.729. The topological polar surface area (TPSA) is 66.8 Å². The lowest BCUT2D eigenvalue weighted by molar-refractivity contribution is -0.142. The number of halogens is 1. The number of rotatable bonds is 5. The highest BCUT2D eigenvalue weighted by Gasteiger charge is 2.25. The molecule has 0 fully saturated rings. The Morgan fingerprint density at radius 2 is 2.11 bits per heavy atom. The van der Waals surface area contributed by atoms with E-state index in [0.717, 1.165) is 0 Å². The molecule has 0 saturated carbocycles. The Morgan fingerprint density at radius 3 is 2.53 bits per heavy atom. The van der Waals surface area contributed by atoms with Crippen LogP contribution in [-0.2, 0) is 4.79 Å². The molecule has 0 aliphatic carbocycles. The van der Waals surface area contributed by atoms with Crippen molar-refractivity contribution in [3.8, 4) is 5.75 Å². The van der Waals surface area contributed by atoms with Gasteiger partial charge in [-0.15, -0.1) is 0 Å². The molecule has 19 heavy (non-hydrogen) atoms. The van der Waals surface area contributed by atoms with Crippen LogP contribution in [0.2, 0.25) is 0 Å². The minimum absolute atomic E-state index is 0.336. The summed E-state index contributed by atoms with van der Waals surface area (Å²) in [6.45, 7) is 1.73. The van der Waals surface area contributed by atoms with Crippen LogP contribution >= 0.6 is 15.9 Å². The van der Waals surface area contributed by atoms with Gasteiger partial charge >= 0.3 is 5.97 Å². The zero-order chi connectivity index (χ0) is 14.6. The second-order valence-electron chi connectivity index (χ2n) is 4.03. The van der Waals surface area contributed by atoms with Crippen LogP contribution in [0.5, 0.6) is 5.75 Å². The fourth-order valence-electron chi connectivity index (χ4n) is 1.76. The molecule has 0 aliphatic rings. The first-order chi connectivity index (χ1) is 8.92. The van der Waals surface area contributed by atoms with Crippen LogP contribution < -0.4 is 4.74 Å². The molecule has 1 amide bonds. The number of likely N-dealkylation sites (N-methyl/N-ethyl adjacent to an activating group) is 1. The van der Waals surface area contributed by atoms with E-state index in [9.17, 15) is 9.59 Å². The molecular weight excluding hydrogens is 314 g/mol. The maximum Gasteiger partial charge on any atom is 0.326 e.